The molecule has 0 fully saturated rings. The topological polar surface area (TPSA) is 60.7 Å². The normalized spacial score (nSPS) is 11.6. The highest BCUT2D eigenvalue weighted by Crippen LogP contribution is 2.33. The number of carbonyl (C=O) groups is 1. The largest absolute Gasteiger partial charge is 0.434 e. The zero-order valence-electron chi connectivity index (χ0n) is 12.8. The van der Waals surface area contributed by atoms with Gasteiger partial charge in [-0.3, -0.25) is 4.79 Å². The van der Waals surface area contributed by atoms with Crippen molar-refractivity contribution in [3.63, 3.8) is 0 Å². The van der Waals surface area contributed by atoms with Gasteiger partial charge in [0.1, 0.15) is 0 Å². The molecule has 0 spiro atoms. The van der Waals surface area contributed by atoms with Gasteiger partial charge in [0.05, 0.1) is 23.0 Å². The molecule has 0 saturated heterocycles. The molecule has 0 amide bonds. The third-order valence-corrected chi connectivity index (χ3v) is 3.40. The highest BCUT2D eigenvalue weighted by molar-refractivity contribution is 5.95. The van der Waals surface area contributed by atoms with Crippen molar-refractivity contribution >= 4 is 5.78 Å². The highest BCUT2D eigenvalue weighted by atomic mass is 19.4. The number of halogens is 4. The first kappa shape index (κ1) is 16.7. The van der Waals surface area contributed by atoms with Gasteiger partial charge in [0.2, 0.25) is 5.95 Å². The molecule has 3 aromatic heterocycles. The number of alkyl halides is 3. The van der Waals surface area contributed by atoms with Crippen LogP contribution in [0.1, 0.15) is 23.0 Å². The zero-order valence-corrected chi connectivity index (χ0v) is 12.8. The number of carbonyl (C=O) groups excluding carboxylic acids is 1. The molecule has 9 heteroatoms. The monoisotopic (exact) mass is 350 g/mol. The Labute approximate surface area is 139 Å². The Morgan fingerprint density at radius 1 is 1.16 bits per heavy atom. The van der Waals surface area contributed by atoms with E-state index in [1.807, 2.05) is 0 Å². The number of pyridine rings is 2. The summed E-state index contributed by atoms with van der Waals surface area (Å²) in [5, 5.41) is 3.64. The van der Waals surface area contributed by atoms with E-state index in [4.69, 9.17) is 0 Å². The Kier molecular flexibility index (Phi) is 4.07. The molecule has 0 bridgehead atoms. The lowest BCUT2D eigenvalue weighted by atomic mass is 10.1. The number of rotatable bonds is 3. The average molecular weight is 350 g/mol. The van der Waals surface area contributed by atoms with Gasteiger partial charge < -0.3 is 0 Å². The Morgan fingerprint density at radius 2 is 1.92 bits per heavy atom. The second-order valence-corrected chi connectivity index (χ2v) is 5.10. The van der Waals surface area contributed by atoms with E-state index in [1.54, 1.807) is 0 Å². The smallest absolute Gasteiger partial charge is 0.294 e. The number of nitrogens with zero attached hydrogens (tertiary/aromatic N) is 4. The summed E-state index contributed by atoms with van der Waals surface area (Å²) < 4.78 is 54.4. The molecule has 0 aromatic carbocycles. The Bertz CT molecular complexity index is 949. The Balaban J connectivity index is 2.18. The van der Waals surface area contributed by atoms with Gasteiger partial charge in [-0.05, 0) is 31.2 Å². The minimum absolute atomic E-state index is 0.0388. The molecule has 0 aliphatic heterocycles. The van der Waals surface area contributed by atoms with E-state index in [2.05, 4.69) is 15.1 Å². The van der Waals surface area contributed by atoms with E-state index < -0.39 is 29.2 Å². The van der Waals surface area contributed by atoms with Crippen LogP contribution in [0, 0.1) is 5.95 Å². The van der Waals surface area contributed by atoms with Crippen molar-refractivity contribution in [3.05, 3.63) is 59.9 Å². The molecule has 25 heavy (non-hydrogen) atoms. The molecule has 0 unspecified atom stereocenters. The third kappa shape index (κ3) is 3.12. The fraction of sp³-hybridized carbons (Fsp3) is 0.125. The molecule has 0 N–H and O–H groups in total. The number of hydrogen-bond donors (Lipinski definition) is 0. The minimum Gasteiger partial charge on any atom is -0.294 e. The summed E-state index contributed by atoms with van der Waals surface area (Å²) in [4.78, 5) is 19.0. The maximum Gasteiger partial charge on any atom is 0.434 e. The highest BCUT2D eigenvalue weighted by Gasteiger charge is 2.40. The minimum atomic E-state index is -4.81. The second kappa shape index (κ2) is 6.08. The summed E-state index contributed by atoms with van der Waals surface area (Å²) in [6, 6.07) is 7.02. The van der Waals surface area contributed by atoms with Crippen molar-refractivity contribution in [1.82, 2.24) is 19.7 Å². The molecule has 3 rings (SSSR count). The van der Waals surface area contributed by atoms with Gasteiger partial charge in [-0.2, -0.15) is 22.7 Å². The fourth-order valence-electron chi connectivity index (χ4n) is 2.32. The van der Waals surface area contributed by atoms with Crippen LogP contribution < -0.4 is 0 Å². The molecular weight excluding hydrogens is 340 g/mol. The third-order valence-electron chi connectivity index (χ3n) is 3.40. The van der Waals surface area contributed by atoms with E-state index in [-0.39, 0.29) is 17.1 Å². The van der Waals surface area contributed by atoms with Crippen LogP contribution >= 0.6 is 0 Å². The summed E-state index contributed by atoms with van der Waals surface area (Å²) in [5.41, 5.74) is -1.66. The van der Waals surface area contributed by atoms with Gasteiger partial charge in [-0.25, -0.2) is 14.6 Å². The first-order valence-electron chi connectivity index (χ1n) is 7.03. The molecule has 0 aliphatic rings. The predicted octanol–water partition coefficient (Wildman–Crippen LogP) is 3.69. The van der Waals surface area contributed by atoms with Gasteiger partial charge in [-0.1, -0.05) is 6.07 Å². The molecule has 5 nitrogen and oxygen atoms in total. The van der Waals surface area contributed by atoms with Crippen molar-refractivity contribution in [2.75, 3.05) is 0 Å². The van der Waals surface area contributed by atoms with Crippen molar-refractivity contribution in [2.24, 2.45) is 0 Å². The van der Waals surface area contributed by atoms with Crippen LogP contribution in [-0.4, -0.2) is 25.5 Å². The summed E-state index contributed by atoms with van der Waals surface area (Å²) in [7, 11) is 0. The fourth-order valence-corrected chi connectivity index (χ4v) is 2.32. The summed E-state index contributed by atoms with van der Waals surface area (Å²) >= 11 is 0. The Morgan fingerprint density at radius 3 is 2.56 bits per heavy atom. The predicted molar refractivity (Wildman–Crippen MR) is 79.6 cm³/mol. The van der Waals surface area contributed by atoms with Crippen molar-refractivity contribution in [3.8, 4) is 17.1 Å². The summed E-state index contributed by atoms with van der Waals surface area (Å²) in [6.45, 7) is 1.02. The van der Waals surface area contributed by atoms with Crippen LogP contribution in [0.4, 0.5) is 17.6 Å². The summed E-state index contributed by atoms with van der Waals surface area (Å²) in [6.07, 6.45) is -2.73. The SMILES string of the molecule is CC(=O)c1cnn(-c2cccc(-c3cccnc3F)n2)c1C(F)(F)F. The lowest BCUT2D eigenvalue weighted by Crippen LogP contribution is -2.17. The van der Waals surface area contributed by atoms with E-state index in [0.29, 0.717) is 4.68 Å². The van der Waals surface area contributed by atoms with Gasteiger partial charge in [0.25, 0.3) is 0 Å². The lowest BCUT2D eigenvalue weighted by Gasteiger charge is -2.12. The molecule has 3 aromatic rings. The quantitative estimate of drug-likeness (QED) is 0.411. The average Bonchev–Trinajstić information content (AvgIpc) is 3.01. The first-order valence-corrected chi connectivity index (χ1v) is 7.03. The first-order chi connectivity index (χ1) is 11.8. The van der Waals surface area contributed by atoms with Crippen molar-refractivity contribution in [2.45, 2.75) is 13.1 Å². The van der Waals surface area contributed by atoms with Gasteiger partial charge >= 0.3 is 6.18 Å². The van der Waals surface area contributed by atoms with Gasteiger partial charge in [0.15, 0.2) is 17.3 Å². The molecule has 0 aliphatic carbocycles. The molecule has 128 valence electrons. The number of aromatic nitrogens is 4. The molecule has 0 radical (unpaired) electrons. The van der Waals surface area contributed by atoms with Crippen LogP contribution in [0.3, 0.4) is 0 Å². The summed E-state index contributed by atoms with van der Waals surface area (Å²) in [5.74, 6) is -1.76. The number of ketones is 1. The van der Waals surface area contributed by atoms with Gasteiger partial charge in [-0.15, -0.1) is 0 Å². The van der Waals surface area contributed by atoms with Crippen LogP contribution in [0.25, 0.3) is 17.1 Å². The number of Topliss-reactive ketones (excluding diaryl/α,β-unsaturated/α-hetero) is 1. The Hall–Kier alpha value is -3.10. The van der Waals surface area contributed by atoms with E-state index in [1.165, 1.54) is 36.5 Å². The van der Waals surface area contributed by atoms with E-state index >= 15 is 0 Å². The maximum absolute atomic E-state index is 13.8. The lowest BCUT2D eigenvalue weighted by molar-refractivity contribution is -0.143. The zero-order chi connectivity index (χ0) is 18.2. The second-order valence-electron chi connectivity index (χ2n) is 5.10. The van der Waals surface area contributed by atoms with Crippen LogP contribution in [0.2, 0.25) is 0 Å². The standard InChI is InChI=1S/C16H10F4N4O/c1-9(25)11-8-22-24(14(11)16(18,19)20)13-6-2-5-12(23-13)10-4-3-7-21-15(10)17/h2-8H,1H3. The van der Waals surface area contributed by atoms with Crippen LogP contribution in [0.5, 0.6) is 0 Å². The van der Waals surface area contributed by atoms with E-state index in [9.17, 15) is 22.4 Å². The number of hydrogen-bond acceptors (Lipinski definition) is 4. The van der Waals surface area contributed by atoms with Crippen molar-refractivity contribution < 1.29 is 22.4 Å². The molecule has 0 saturated carbocycles. The molecule has 0 atom stereocenters. The van der Waals surface area contributed by atoms with Crippen LogP contribution in [-0.2, 0) is 6.18 Å². The van der Waals surface area contributed by atoms with Gasteiger partial charge in [0, 0.05) is 6.20 Å². The molecular formula is C16H10F4N4O. The molecule has 3 heterocycles. The maximum atomic E-state index is 13.8. The van der Waals surface area contributed by atoms with Crippen molar-refractivity contribution in [1.29, 1.82) is 0 Å². The van der Waals surface area contributed by atoms with Crippen LogP contribution in [0.15, 0.2) is 42.7 Å². The van der Waals surface area contributed by atoms with E-state index in [0.717, 1.165) is 13.1 Å².